The zero-order valence-electron chi connectivity index (χ0n) is 20.7. The normalized spacial score (nSPS) is 15.0. The summed E-state index contributed by atoms with van der Waals surface area (Å²) in [6, 6.07) is 4.96. The van der Waals surface area contributed by atoms with Crippen LogP contribution in [0.15, 0.2) is 35.4 Å². The van der Waals surface area contributed by atoms with E-state index in [1.54, 1.807) is 29.7 Å². The van der Waals surface area contributed by atoms with Crippen molar-refractivity contribution in [1.82, 2.24) is 24.5 Å². The third-order valence-corrected chi connectivity index (χ3v) is 6.63. The van der Waals surface area contributed by atoms with E-state index in [0.29, 0.717) is 59.8 Å². The van der Waals surface area contributed by atoms with Crippen molar-refractivity contribution < 1.29 is 28.7 Å². The quantitative estimate of drug-likeness (QED) is 0.274. The molecular formula is C24H23N7O8. The van der Waals surface area contributed by atoms with Crippen molar-refractivity contribution in [2.45, 2.75) is 32.4 Å². The van der Waals surface area contributed by atoms with Crippen molar-refractivity contribution in [1.29, 1.82) is 0 Å². The zero-order chi connectivity index (χ0) is 27.1. The third kappa shape index (κ3) is 4.52. The second-order valence-electron chi connectivity index (χ2n) is 9.07. The molecule has 39 heavy (non-hydrogen) atoms. The van der Waals surface area contributed by atoms with Crippen LogP contribution in [0.5, 0.6) is 11.5 Å². The Morgan fingerprint density at radius 3 is 2.69 bits per heavy atom. The number of nitrogens with zero attached hydrogens (tertiary/aromatic N) is 5. The van der Waals surface area contributed by atoms with Gasteiger partial charge in [0, 0.05) is 31.4 Å². The van der Waals surface area contributed by atoms with Crippen LogP contribution in [-0.4, -0.2) is 55.5 Å². The summed E-state index contributed by atoms with van der Waals surface area (Å²) >= 11 is 0. The Hall–Kier alpha value is -4.92. The van der Waals surface area contributed by atoms with Crippen LogP contribution in [0.25, 0.3) is 11.0 Å². The lowest BCUT2D eigenvalue weighted by molar-refractivity contribution is -0.393. The number of aryl methyl sites for hydroxylation is 1. The molecule has 0 saturated carbocycles. The molecule has 2 N–H and O–H groups in total. The molecule has 2 aliphatic heterocycles. The Bertz CT molecular complexity index is 1640. The Kier molecular flexibility index (Phi) is 6.11. The average molecular weight is 537 g/mol. The highest BCUT2D eigenvalue weighted by Gasteiger charge is 2.28. The smallest absolute Gasteiger partial charge is 0.432 e. The van der Waals surface area contributed by atoms with E-state index in [1.807, 2.05) is 0 Å². The first kappa shape index (κ1) is 24.4. The Morgan fingerprint density at radius 2 is 1.95 bits per heavy atom. The van der Waals surface area contributed by atoms with Crippen molar-refractivity contribution in [3.05, 3.63) is 62.4 Å². The van der Waals surface area contributed by atoms with Gasteiger partial charge in [-0.1, -0.05) is 4.98 Å². The maximum Gasteiger partial charge on any atom is 0.432 e. The molecule has 0 atom stereocenters. The molecule has 15 nitrogen and oxygen atoms in total. The molecule has 5 heterocycles. The Balaban J connectivity index is 1.40. The van der Waals surface area contributed by atoms with Crippen LogP contribution < -0.4 is 20.1 Å². The van der Waals surface area contributed by atoms with Crippen LogP contribution in [0.3, 0.4) is 0 Å². The first-order valence-electron chi connectivity index (χ1n) is 12.1. The maximum atomic E-state index is 13.6. The van der Waals surface area contributed by atoms with E-state index in [4.69, 9.17) is 18.9 Å². The average Bonchev–Trinajstić information content (AvgIpc) is 3.66. The van der Waals surface area contributed by atoms with Crippen molar-refractivity contribution in [2.75, 3.05) is 24.9 Å². The highest BCUT2D eigenvalue weighted by atomic mass is 16.7. The van der Waals surface area contributed by atoms with Crippen LogP contribution in [0.1, 0.15) is 30.1 Å². The van der Waals surface area contributed by atoms with Gasteiger partial charge < -0.3 is 34.0 Å². The first-order chi connectivity index (χ1) is 18.9. The Labute approximate surface area is 219 Å². The molecule has 4 aromatic rings. The van der Waals surface area contributed by atoms with Crippen molar-refractivity contribution in [3.63, 3.8) is 0 Å². The standard InChI is InChI=1S/C24H23N7O8/c1-13-6-19-20(39-12-38-19)7-17(13)30(24(33)37-11-14-9-26-22(27-14)31(34)35)21-8-18-16(10-25-21)28-23(32)29(18)15-2-4-36-5-3-15/h6-10,15H,2-5,11-12H2,1H3,(H,26,27)(H,28,32). The lowest BCUT2D eigenvalue weighted by atomic mass is 10.1. The highest BCUT2D eigenvalue weighted by Crippen LogP contribution is 2.40. The van der Waals surface area contributed by atoms with Crippen molar-refractivity contribution >= 4 is 34.6 Å². The van der Waals surface area contributed by atoms with E-state index >= 15 is 0 Å². The van der Waals surface area contributed by atoms with Gasteiger partial charge in [0.05, 0.1) is 22.9 Å². The van der Waals surface area contributed by atoms with E-state index in [9.17, 15) is 19.7 Å². The van der Waals surface area contributed by atoms with Crippen LogP contribution in [0, 0.1) is 17.0 Å². The fourth-order valence-corrected chi connectivity index (χ4v) is 4.75. The van der Waals surface area contributed by atoms with Crippen LogP contribution in [0.2, 0.25) is 0 Å². The summed E-state index contributed by atoms with van der Waals surface area (Å²) in [5.74, 6) is 0.719. The molecule has 0 spiro atoms. The van der Waals surface area contributed by atoms with Crippen LogP contribution >= 0.6 is 0 Å². The number of anilines is 2. The molecule has 1 amide bonds. The van der Waals surface area contributed by atoms with Gasteiger partial charge in [0.1, 0.15) is 17.7 Å². The molecule has 1 fully saturated rings. The minimum absolute atomic E-state index is 0.0478. The van der Waals surface area contributed by atoms with Crippen molar-refractivity contribution in [3.8, 4) is 11.5 Å². The zero-order valence-corrected chi connectivity index (χ0v) is 20.7. The maximum absolute atomic E-state index is 13.6. The molecule has 0 bridgehead atoms. The minimum Gasteiger partial charge on any atom is -0.454 e. The topological polar surface area (TPSA) is 180 Å². The number of rotatable bonds is 6. The number of benzene rings is 1. The van der Waals surface area contributed by atoms with Crippen molar-refractivity contribution in [2.24, 2.45) is 0 Å². The molecule has 0 aliphatic carbocycles. The van der Waals surface area contributed by atoms with E-state index in [2.05, 4.69) is 19.9 Å². The molecule has 202 valence electrons. The second-order valence-corrected chi connectivity index (χ2v) is 9.07. The van der Waals surface area contributed by atoms with Gasteiger partial charge in [-0.25, -0.2) is 24.5 Å². The van der Waals surface area contributed by atoms with E-state index in [0.717, 1.165) is 0 Å². The van der Waals surface area contributed by atoms with Gasteiger partial charge in [0.25, 0.3) is 0 Å². The van der Waals surface area contributed by atoms with Gasteiger partial charge in [-0.15, -0.1) is 0 Å². The molecule has 1 saturated heterocycles. The summed E-state index contributed by atoms with van der Waals surface area (Å²) in [4.78, 5) is 51.4. The number of amides is 1. The predicted octanol–water partition coefficient (Wildman–Crippen LogP) is 3.22. The number of hydrogen-bond acceptors (Lipinski definition) is 10. The summed E-state index contributed by atoms with van der Waals surface area (Å²) in [6.45, 7) is 2.62. The third-order valence-electron chi connectivity index (χ3n) is 6.63. The van der Waals surface area contributed by atoms with Gasteiger partial charge >= 0.3 is 17.7 Å². The van der Waals surface area contributed by atoms with Gasteiger partial charge in [-0.05, 0) is 36.3 Å². The number of carbonyl (C=O) groups is 1. The monoisotopic (exact) mass is 537 g/mol. The number of aromatic amines is 2. The summed E-state index contributed by atoms with van der Waals surface area (Å²) in [7, 11) is 0. The van der Waals surface area contributed by atoms with E-state index in [1.165, 1.54) is 17.3 Å². The largest absolute Gasteiger partial charge is 0.454 e. The molecular weight excluding hydrogens is 514 g/mol. The summed E-state index contributed by atoms with van der Waals surface area (Å²) < 4.78 is 23.6. The molecule has 0 unspecified atom stereocenters. The van der Waals surface area contributed by atoms with Gasteiger partial charge in [0.15, 0.2) is 18.1 Å². The second kappa shape index (κ2) is 9.75. The number of pyridine rings is 1. The number of carbonyl (C=O) groups excluding carboxylic acids is 1. The number of H-pyrrole nitrogens is 2. The number of hydrogen-bond donors (Lipinski definition) is 2. The Morgan fingerprint density at radius 1 is 1.18 bits per heavy atom. The number of aromatic nitrogens is 5. The lowest BCUT2D eigenvalue weighted by Crippen LogP contribution is -2.29. The molecule has 3 aromatic heterocycles. The number of nitrogens with one attached hydrogen (secondary N) is 2. The first-order valence-corrected chi connectivity index (χ1v) is 12.1. The van der Waals surface area contributed by atoms with Crippen LogP contribution in [-0.2, 0) is 16.1 Å². The SMILES string of the molecule is Cc1cc2c(cc1N(C(=O)OCc1cnc([N+](=O)[O-])[nH]1)c1cc3c(cn1)[nH]c(=O)n3C1CCOCC1)OCO2. The fraction of sp³-hybridized carbons (Fsp3) is 0.333. The molecule has 6 rings (SSSR count). The van der Waals surface area contributed by atoms with Gasteiger partial charge in [-0.2, -0.15) is 0 Å². The number of imidazole rings is 2. The summed E-state index contributed by atoms with van der Waals surface area (Å²) in [5.41, 5.74) is 2.16. The molecule has 1 aromatic carbocycles. The van der Waals surface area contributed by atoms with Crippen LogP contribution in [0.4, 0.5) is 22.2 Å². The van der Waals surface area contributed by atoms with Gasteiger partial charge in [0.2, 0.25) is 6.79 Å². The van der Waals surface area contributed by atoms with Gasteiger partial charge in [-0.3, -0.25) is 4.57 Å². The summed E-state index contributed by atoms with van der Waals surface area (Å²) in [5, 5.41) is 10.9. The molecule has 15 heteroatoms. The minimum atomic E-state index is -0.809. The number of fused-ring (bicyclic) bond motifs is 2. The number of nitro groups is 1. The highest BCUT2D eigenvalue weighted by molar-refractivity contribution is 5.97. The fourth-order valence-electron chi connectivity index (χ4n) is 4.75. The lowest BCUT2D eigenvalue weighted by Gasteiger charge is -2.25. The van der Waals surface area contributed by atoms with E-state index < -0.39 is 17.0 Å². The van der Waals surface area contributed by atoms with E-state index in [-0.39, 0.29) is 36.6 Å². The predicted molar refractivity (Wildman–Crippen MR) is 134 cm³/mol. The summed E-state index contributed by atoms with van der Waals surface area (Å²) in [6.07, 6.45) is 3.25. The molecule has 2 aliphatic rings. The number of ether oxygens (including phenoxy) is 4. The molecule has 0 radical (unpaired) electrons.